The van der Waals surface area contributed by atoms with Crippen molar-refractivity contribution in [3.63, 3.8) is 0 Å². The van der Waals surface area contributed by atoms with E-state index in [9.17, 15) is 9.59 Å². The van der Waals surface area contributed by atoms with E-state index in [-0.39, 0.29) is 23.7 Å². The Morgan fingerprint density at radius 3 is 2.55 bits per heavy atom. The molecule has 196 valence electrons. The molecule has 1 atom stereocenters. The van der Waals surface area contributed by atoms with Crippen LogP contribution in [0.1, 0.15) is 41.3 Å². The van der Waals surface area contributed by atoms with Crippen molar-refractivity contribution in [1.82, 2.24) is 15.2 Å². The van der Waals surface area contributed by atoms with Crippen LogP contribution in [0.5, 0.6) is 5.75 Å². The Labute approximate surface area is 222 Å². The molecule has 7 nitrogen and oxygen atoms in total. The second-order valence-corrected chi connectivity index (χ2v) is 10.0. The first-order valence-electron chi connectivity index (χ1n) is 13.1. The van der Waals surface area contributed by atoms with Crippen LogP contribution in [0.4, 0.5) is 0 Å². The minimum atomic E-state index is -0.131. The molecule has 1 saturated heterocycles. The van der Waals surface area contributed by atoms with Crippen LogP contribution < -0.4 is 10.1 Å². The number of methoxy groups -OCH3 is 1. The molecule has 38 heavy (non-hydrogen) atoms. The Balaban J connectivity index is 1.17. The first-order valence-corrected chi connectivity index (χ1v) is 13.1. The molecular formula is C31H33N3O4. The predicted molar refractivity (Wildman–Crippen MR) is 147 cm³/mol. The molecule has 7 heteroatoms. The van der Waals surface area contributed by atoms with Gasteiger partial charge in [0.25, 0.3) is 5.91 Å². The largest absolute Gasteiger partial charge is 0.496 e. The number of rotatable bonds is 7. The number of hydrogen-bond acceptors (Lipinski definition) is 5. The summed E-state index contributed by atoms with van der Waals surface area (Å²) in [6, 6.07) is 21.1. The molecular weight excluding hydrogens is 478 g/mol. The molecule has 0 spiro atoms. The van der Waals surface area contributed by atoms with Crippen molar-refractivity contribution in [2.45, 2.75) is 33.2 Å². The summed E-state index contributed by atoms with van der Waals surface area (Å²) in [5.74, 6) is 1.42. The van der Waals surface area contributed by atoms with Crippen LogP contribution in [0.25, 0.3) is 22.6 Å². The highest BCUT2D eigenvalue weighted by molar-refractivity contribution is 5.97. The first-order chi connectivity index (χ1) is 18.4. The van der Waals surface area contributed by atoms with Gasteiger partial charge >= 0.3 is 0 Å². The molecule has 4 aromatic rings. The third kappa shape index (κ3) is 5.42. The maximum Gasteiger partial charge on any atom is 0.253 e. The lowest BCUT2D eigenvalue weighted by Gasteiger charge is -2.34. The fourth-order valence-corrected chi connectivity index (χ4v) is 5.07. The topological polar surface area (TPSA) is 84.7 Å². The smallest absolute Gasteiger partial charge is 0.253 e. The summed E-state index contributed by atoms with van der Waals surface area (Å²) in [5, 5.41) is 3.05. The van der Waals surface area contributed by atoms with E-state index in [1.54, 1.807) is 19.2 Å². The minimum Gasteiger partial charge on any atom is -0.496 e. The molecule has 1 aromatic heterocycles. The highest BCUT2D eigenvalue weighted by atomic mass is 16.5. The van der Waals surface area contributed by atoms with E-state index in [0.717, 1.165) is 29.7 Å². The molecule has 0 saturated carbocycles. The number of nitrogens with zero attached hydrogens (tertiary/aromatic N) is 2. The van der Waals surface area contributed by atoms with Gasteiger partial charge in [-0.25, -0.2) is 4.98 Å². The highest BCUT2D eigenvalue weighted by Crippen LogP contribution is 2.28. The van der Waals surface area contributed by atoms with E-state index in [4.69, 9.17) is 9.15 Å². The Kier molecular flexibility index (Phi) is 7.45. The zero-order valence-electron chi connectivity index (χ0n) is 22.1. The van der Waals surface area contributed by atoms with Gasteiger partial charge in [-0.2, -0.15) is 0 Å². The van der Waals surface area contributed by atoms with Gasteiger partial charge in [-0.1, -0.05) is 42.8 Å². The number of carbonyl (C=O) groups excluding carboxylic acids is 2. The van der Waals surface area contributed by atoms with Gasteiger partial charge in [0, 0.05) is 42.2 Å². The molecule has 0 radical (unpaired) electrons. The van der Waals surface area contributed by atoms with Crippen LogP contribution in [0.15, 0.2) is 71.1 Å². The Hall–Kier alpha value is -4.13. The molecule has 0 aliphatic carbocycles. The lowest BCUT2D eigenvalue weighted by Crippen LogP contribution is -2.42. The van der Waals surface area contributed by atoms with E-state index >= 15 is 0 Å². The molecule has 1 aliphatic rings. The number of aryl methyl sites for hydroxylation is 1. The number of fused-ring (bicyclic) bond motifs is 1. The molecule has 5 rings (SSSR count). The zero-order valence-corrected chi connectivity index (χ0v) is 22.1. The second kappa shape index (κ2) is 11.1. The molecule has 1 fully saturated rings. The van der Waals surface area contributed by atoms with Crippen LogP contribution >= 0.6 is 0 Å². The molecule has 0 bridgehead atoms. The summed E-state index contributed by atoms with van der Waals surface area (Å²) in [6.45, 7) is 5.69. The number of para-hydroxylation sites is 1. The number of benzene rings is 3. The van der Waals surface area contributed by atoms with Gasteiger partial charge in [0.2, 0.25) is 11.8 Å². The van der Waals surface area contributed by atoms with Gasteiger partial charge in [0.15, 0.2) is 5.58 Å². The van der Waals surface area contributed by atoms with Gasteiger partial charge in [-0.15, -0.1) is 0 Å². The van der Waals surface area contributed by atoms with Gasteiger partial charge in [-0.05, 0) is 62.1 Å². The average Bonchev–Trinajstić information content (AvgIpc) is 3.39. The second-order valence-electron chi connectivity index (χ2n) is 10.0. The fraction of sp³-hybridized carbons (Fsp3) is 0.323. The Morgan fingerprint density at radius 1 is 1.08 bits per heavy atom. The van der Waals surface area contributed by atoms with Crippen molar-refractivity contribution >= 4 is 22.9 Å². The van der Waals surface area contributed by atoms with E-state index in [1.807, 2.05) is 73.3 Å². The number of ether oxygens (including phenoxy) is 1. The molecule has 0 unspecified atom stereocenters. The van der Waals surface area contributed by atoms with Crippen molar-refractivity contribution in [1.29, 1.82) is 0 Å². The standard InChI is InChI=1S/C31H33N3O4/c1-20-8-10-23(11-9-20)30-33-26-18-24(12-13-28(26)38-30)31(36)34-16-14-22(15-17-34)21(2)29(35)32-19-25-6-4-5-7-27(25)37-3/h4-13,18,21-22H,14-17,19H2,1-3H3,(H,32,35)/t21-/m0/s1. The number of likely N-dealkylation sites (tertiary alicyclic amines) is 1. The van der Waals surface area contributed by atoms with Gasteiger partial charge in [-0.3, -0.25) is 9.59 Å². The van der Waals surface area contributed by atoms with Crippen LogP contribution in [0, 0.1) is 18.8 Å². The van der Waals surface area contributed by atoms with Crippen molar-refractivity contribution in [2.75, 3.05) is 20.2 Å². The van der Waals surface area contributed by atoms with Crippen LogP contribution in [0.2, 0.25) is 0 Å². The van der Waals surface area contributed by atoms with E-state index < -0.39 is 0 Å². The lowest BCUT2D eigenvalue weighted by atomic mass is 9.84. The van der Waals surface area contributed by atoms with Gasteiger partial charge < -0.3 is 19.4 Å². The number of oxazole rings is 1. The van der Waals surface area contributed by atoms with Crippen molar-refractivity contribution in [3.05, 3.63) is 83.4 Å². The molecule has 2 amide bonds. The maximum absolute atomic E-state index is 13.3. The summed E-state index contributed by atoms with van der Waals surface area (Å²) < 4.78 is 11.3. The number of piperidine rings is 1. The van der Waals surface area contributed by atoms with E-state index in [1.165, 1.54) is 5.56 Å². The monoisotopic (exact) mass is 511 g/mol. The van der Waals surface area contributed by atoms with Crippen molar-refractivity contribution in [3.8, 4) is 17.2 Å². The molecule has 1 aliphatic heterocycles. The minimum absolute atomic E-state index is 0.0153. The molecule has 2 heterocycles. The Morgan fingerprint density at radius 2 is 1.82 bits per heavy atom. The molecule has 3 aromatic carbocycles. The average molecular weight is 512 g/mol. The van der Waals surface area contributed by atoms with Crippen molar-refractivity contribution in [2.24, 2.45) is 11.8 Å². The van der Waals surface area contributed by atoms with Crippen LogP contribution in [-0.4, -0.2) is 41.9 Å². The third-order valence-electron chi connectivity index (χ3n) is 7.53. The summed E-state index contributed by atoms with van der Waals surface area (Å²) in [7, 11) is 1.63. The fourth-order valence-electron chi connectivity index (χ4n) is 5.07. The van der Waals surface area contributed by atoms with Crippen LogP contribution in [-0.2, 0) is 11.3 Å². The summed E-state index contributed by atoms with van der Waals surface area (Å²) >= 11 is 0. The first kappa shape index (κ1) is 25.5. The lowest BCUT2D eigenvalue weighted by molar-refractivity contribution is -0.126. The maximum atomic E-state index is 13.3. The normalized spacial score (nSPS) is 14.9. The summed E-state index contributed by atoms with van der Waals surface area (Å²) in [5.41, 5.74) is 4.95. The number of nitrogens with one attached hydrogen (secondary N) is 1. The third-order valence-corrected chi connectivity index (χ3v) is 7.53. The van der Waals surface area contributed by atoms with E-state index in [0.29, 0.717) is 42.2 Å². The van der Waals surface area contributed by atoms with Crippen LogP contribution in [0.3, 0.4) is 0 Å². The van der Waals surface area contributed by atoms with E-state index in [2.05, 4.69) is 10.3 Å². The quantitative estimate of drug-likeness (QED) is 0.348. The van der Waals surface area contributed by atoms with Crippen molar-refractivity contribution < 1.29 is 18.7 Å². The summed E-state index contributed by atoms with van der Waals surface area (Å²) in [6.07, 6.45) is 1.58. The number of aromatic nitrogens is 1. The predicted octanol–water partition coefficient (Wildman–Crippen LogP) is 5.62. The SMILES string of the molecule is COc1ccccc1CNC(=O)[C@@H](C)C1CCN(C(=O)c2ccc3oc(-c4ccc(C)cc4)nc3c2)CC1. The zero-order chi connectivity index (χ0) is 26.6. The Bertz CT molecular complexity index is 1440. The number of hydrogen-bond donors (Lipinski definition) is 1. The highest BCUT2D eigenvalue weighted by Gasteiger charge is 2.30. The number of amides is 2. The number of carbonyl (C=O) groups is 2. The summed E-state index contributed by atoms with van der Waals surface area (Å²) in [4.78, 5) is 32.6. The van der Waals surface area contributed by atoms with Gasteiger partial charge in [0.1, 0.15) is 11.3 Å². The molecule has 1 N–H and O–H groups in total. The van der Waals surface area contributed by atoms with Gasteiger partial charge in [0.05, 0.1) is 7.11 Å².